The van der Waals surface area contributed by atoms with Crippen LogP contribution in [0.1, 0.15) is 42.3 Å². The predicted octanol–water partition coefficient (Wildman–Crippen LogP) is 6.15. The largest absolute Gasteiger partial charge is 0.494 e. The van der Waals surface area contributed by atoms with Gasteiger partial charge < -0.3 is 25.0 Å². The molecule has 17 heteroatoms. The van der Waals surface area contributed by atoms with Gasteiger partial charge in [0.1, 0.15) is 21.5 Å². The molecule has 3 rings (SSSR count). The van der Waals surface area contributed by atoms with Crippen molar-refractivity contribution in [2.45, 2.75) is 44.1 Å². The van der Waals surface area contributed by atoms with Crippen molar-refractivity contribution < 1.29 is 54.7 Å². The van der Waals surface area contributed by atoms with Gasteiger partial charge in [-0.3, -0.25) is 4.52 Å². The maximum atomic E-state index is 13.8. The summed E-state index contributed by atoms with van der Waals surface area (Å²) in [6, 6.07) is 7.82. The SMILES string of the molecule is C[C@](N)(COP(=O)(O)O)c1nnc(-c2ccc(OCCCCCOc3cccc(C(F)(F)F)c3)c(C(F)(F)F)c2)s1. The first-order chi connectivity index (χ1) is 19.0. The molecule has 0 aliphatic rings. The van der Waals surface area contributed by atoms with Crippen molar-refractivity contribution in [2.75, 3.05) is 19.8 Å². The minimum Gasteiger partial charge on any atom is -0.494 e. The highest BCUT2D eigenvalue weighted by atomic mass is 32.1. The zero-order valence-electron chi connectivity index (χ0n) is 21.4. The number of phosphoric ester groups is 1. The number of nitrogens with zero attached hydrogens (tertiary/aromatic N) is 2. The fourth-order valence-electron chi connectivity index (χ4n) is 3.38. The van der Waals surface area contributed by atoms with Crippen molar-refractivity contribution in [3.63, 3.8) is 0 Å². The first kappa shape index (κ1) is 32.8. The van der Waals surface area contributed by atoms with Gasteiger partial charge in [0, 0.05) is 5.56 Å². The Balaban J connectivity index is 1.56. The van der Waals surface area contributed by atoms with Gasteiger partial charge >= 0.3 is 20.2 Å². The number of unbranched alkanes of at least 4 members (excludes halogenated alkanes) is 2. The van der Waals surface area contributed by atoms with E-state index in [0.29, 0.717) is 19.3 Å². The van der Waals surface area contributed by atoms with Crippen molar-refractivity contribution in [3.05, 3.63) is 58.6 Å². The fraction of sp³-hybridized carbons (Fsp3) is 0.417. The second kappa shape index (κ2) is 13.0. The highest BCUT2D eigenvalue weighted by Crippen LogP contribution is 2.41. The number of alkyl halides is 6. The minimum absolute atomic E-state index is 0.0416. The number of aromatic nitrogens is 2. The molecule has 0 aliphatic heterocycles. The first-order valence-corrected chi connectivity index (χ1v) is 14.3. The van der Waals surface area contributed by atoms with Crippen molar-refractivity contribution >= 4 is 19.2 Å². The zero-order chi connectivity index (χ0) is 30.5. The second-order valence-corrected chi connectivity index (χ2v) is 11.3. The molecule has 9 nitrogen and oxygen atoms in total. The molecule has 0 radical (unpaired) electrons. The molecule has 0 spiro atoms. The van der Waals surface area contributed by atoms with Crippen molar-refractivity contribution in [2.24, 2.45) is 5.73 Å². The summed E-state index contributed by atoms with van der Waals surface area (Å²) in [5.41, 5.74) is 2.74. The summed E-state index contributed by atoms with van der Waals surface area (Å²) in [5, 5.41) is 7.87. The summed E-state index contributed by atoms with van der Waals surface area (Å²) in [6.45, 7) is 0.855. The third kappa shape index (κ3) is 9.94. The van der Waals surface area contributed by atoms with Gasteiger partial charge in [0.15, 0.2) is 0 Å². The second-order valence-electron chi connectivity index (χ2n) is 9.09. The van der Waals surface area contributed by atoms with Crippen molar-refractivity contribution in [1.82, 2.24) is 10.2 Å². The lowest BCUT2D eigenvalue weighted by Gasteiger charge is -2.21. The number of phosphoric acid groups is 1. The molecule has 1 heterocycles. The molecule has 2 aromatic carbocycles. The van der Waals surface area contributed by atoms with Crippen LogP contribution < -0.4 is 15.2 Å². The van der Waals surface area contributed by atoms with Crippen LogP contribution in [0, 0.1) is 0 Å². The molecular formula is C24H26F6N3O6PS. The van der Waals surface area contributed by atoms with Crippen molar-refractivity contribution in [1.29, 1.82) is 0 Å². The van der Waals surface area contributed by atoms with Gasteiger partial charge in [0.05, 0.1) is 36.5 Å². The highest BCUT2D eigenvalue weighted by Gasteiger charge is 2.36. The number of halogens is 6. The minimum atomic E-state index is -4.80. The molecule has 0 bridgehead atoms. The molecule has 4 N–H and O–H groups in total. The van der Waals surface area contributed by atoms with Gasteiger partial charge in [0.2, 0.25) is 0 Å². The Bertz CT molecular complexity index is 1360. The topological polar surface area (TPSA) is 137 Å². The molecule has 226 valence electrons. The number of hydrogen-bond acceptors (Lipinski definition) is 8. The smallest absolute Gasteiger partial charge is 0.469 e. The molecule has 1 atom stereocenters. The van der Waals surface area contributed by atoms with Gasteiger partial charge in [-0.2, -0.15) is 26.3 Å². The van der Waals surface area contributed by atoms with Crippen LogP contribution in [0.3, 0.4) is 0 Å². The Hall–Kier alpha value is -2.75. The summed E-state index contributed by atoms with van der Waals surface area (Å²) < 4.78 is 106. The van der Waals surface area contributed by atoms with Crippen LogP contribution in [0.2, 0.25) is 0 Å². The van der Waals surface area contributed by atoms with Gasteiger partial charge in [0.25, 0.3) is 0 Å². The standard InChI is InChI=1S/C24H26F6N3O6PS/c1-22(31,14-39-40(34,35)36)21-33-32-20(41-21)15-8-9-19(18(12-15)24(28,29)30)38-11-4-2-3-10-37-17-7-5-6-16(13-17)23(25,26)27/h5-9,12-13H,2-4,10-11,14,31H2,1H3,(H2,34,35,36)/t22-/m0/s1. The molecule has 0 unspecified atom stereocenters. The molecular weight excluding hydrogens is 603 g/mol. The van der Waals surface area contributed by atoms with E-state index in [1.807, 2.05) is 0 Å². The van der Waals surface area contributed by atoms with E-state index in [0.717, 1.165) is 35.6 Å². The number of hydrogen-bond donors (Lipinski definition) is 3. The van der Waals surface area contributed by atoms with E-state index in [2.05, 4.69) is 14.7 Å². The summed E-state index contributed by atoms with van der Waals surface area (Å²) in [4.78, 5) is 17.8. The lowest BCUT2D eigenvalue weighted by Crippen LogP contribution is -2.37. The monoisotopic (exact) mass is 629 g/mol. The van der Waals surface area contributed by atoms with Gasteiger partial charge in [-0.15, -0.1) is 10.2 Å². The summed E-state index contributed by atoms with van der Waals surface area (Å²) >= 11 is 0.842. The van der Waals surface area contributed by atoms with Gasteiger partial charge in [-0.25, -0.2) is 4.57 Å². The Morgan fingerprint density at radius 3 is 2.24 bits per heavy atom. The van der Waals surface area contributed by atoms with Gasteiger partial charge in [-0.05, 0) is 62.6 Å². The number of ether oxygens (including phenoxy) is 2. The van der Waals surface area contributed by atoms with E-state index >= 15 is 0 Å². The van der Waals surface area contributed by atoms with Gasteiger partial charge in [-0.1, -0.05) is 17.4 Å². The quantitative estimate of drug-likeness (QED) is 0.115. The van der Waals surface area contributed by atoms with E-state index in [4.69, 9.17) is 25.0 Å². The van der Waals surface area contributed by atoms with E-state index in [1.165, 1.54) is 25.1 Å². The Morgan fingerprint density at radius 1 is 0.927 bits per heavy atom. The van der Waals surface area contributed by atoms with Crippen LogP contribution in [-0.2, 0) is 27.0 Å². The first-order valence-electron chi connectivity index (χ1n) is 11.9. The maximum Gasteiger partial charge on any atom is 0.469 e. The lowest BCUT2D eigenvalue weighted by molar-refractivity contribution is -0.139. The summed E-state index contributed by atoms with van der Waals surface area (Å²) in [7, 11) is -4.80. The van der Waals surface area contributed by atoms with E-state index in [1.54, 1.807) is 0 Å². The predicted molar refractivity (Wildman–Crippen MR) is 136 cm³/mol. The normalized spacial score (nSPS) is 14.1. The Kier molecular flexibility index (Phi) is 10.4. The average Bonchev–Trinajstić information content (AvgIpc) is 3.37. The molecule has 0 amide bonds. The lowest BCUT2D eigenvalue weighted by atomic mass is 10.1. The summed E-state index contributed by atoms with van der Waals surface area (Å²) in [5.74, 6) is -0.330. The van der Waals surface area contributed by atoms with Crippen molar-refractivity contribution in [3.8, 4) is 22.1 Å². The molecule has 0 saturated carbocycles. The number of nitrogens with two attached hydrogens (primary N) is 1. The van der Waals surface area contributed by atoms with Crippen LogP contribution in [0.25, 0.3) is 10.6 Å². The highest BCUT2D eigenvalue weighted by molar-refractivity contribution is 7.46. The van der Waals surface area contributed by atoms with Crippen LogP contribution in [-0.4, -0.2) is 39.8 Å². The molecule has 41 heavy (non-hydrogen) atoms. The Morgan fingerprint density at radius 2 is 1.61 bits per heavy atom. The molecule has 0 aliphatic carbocycles. The van der Waals surface area contributed by atoms with E-state index < -0.39 is 49.2 Å². The zero-order valence-corrected chi connectivity index (χ0v) is 23.1. The molecule has 1 aromatic heterocycles. The van der Waals surface area contributed by atoms with Crippen LogP contribution in [0.5, 0.6) is 11.5 Å². The summed E-state index contributed by atoms with van der Waals surface area (Å²) in [6.07, 6.45) is -7.92. The number of benzene rings is 2. The molecule has 0 saturated heterocycles. The number of rotatable bonds is 13. The van der Waals surface area contributed by atoms with Crippen LogP contribution in [0.4, 0.5) is 26.3 Å². The van der Waals surface area contributed by atoms with E-state index in [9.17, 15) is 30.9 Å². The fourth-order valence-corrected chi connectivity index (χ4v) is 4.70. The van der Waals surface area contributed by atoms with Crippen LogP contribution >= 0.6 is 19.2 Å². The molecule has 3 aromatic rings. The van der Waals surface area contributed by atoms with Crippen LogP contribution in [0.15, 0.2) is 42.5 Å². The average molecular weight is 630 g/mol. The molecule has 0 fully saturated rings. The third-order valence-electron chi connectivity index (χ3n) is 5.45. The maximum absolute atomic E-state index is 13.8. The van der Waals surface area contributed by atoms with E-state index in [-0.39, 0.29) is 34.5 Å². The Labute approximate surface area is 234 Å². The third-order valence-corrected chi connectivity index (χ3v) is 7.17.